The Kier molecular flexibility index (Phi) is 3.63. The number of carbonyl (C=O) groups excluding carboxylic acids is 2. The van der Waals surface area contributed by atoms with Crippen LogP contribution in [0, 0.1) is 0 Å². The van der Waals surface area contributed by atoms with E-state index < -0.39 is 18.2 Å². The Bertz CT molecular complexity index is 315. The molecule has 2 atom stereocenters. The number of esters is 1. The van der Waals surface area contributed by atoms with Crippen molar-refractivity contribution in [2.75, 3.05) is 19.6 Å². The number of likely N-dealkylation sites (tertiary alicyclic amines) is 1. The Morgan fingerprint density at radius 1 is 1.47 bits per heavy atom. The summed E-state index contributed by atoms with van der Waals surface area (Å²) in [5, 5.41) is 13.0. The van der Waals surface area contributed by atoms with E-state index in [0.717, 1.165) is 25.9 Å². The maximum absolute atomic E-state index is 12.0. The number of ether oxygens (including phenoxy) is 1. The first-order valence-corrected chi connectivity index (χ1v) is 5.96. The standard InChI is InChI=1S/C11H18N2O4/c1-7(14)17-10-9(15)6-13(11(10)16)8-2-4-12-5-3-8/h8-10,12,15H,2-6H2,1H3. The molecular weight excluding hydrogens is 224 g/mol. The summed E-state index contributed by atoms with van der Waals surface area (Å²) in [7, 11) is 0. The third-order valence-electron chi connectivity index (χ3n) is 3.30. The normalized spacial score (nSPS) is 30.7. The topological polar surface area (TPSA) is 78.9 Å². The molecule has 6 heteroatoms. The third kappa shape index (κ3) is 2.58. The van der Waals surface area contributed by atoms with Gasteiger partial charge in [0.05, 0.1) is 6.54 Å². The molecular formula is C11H18N2O4. The lowest BCUT2D eigenvalue weighted by Gasteiger charge is -2.31. The fourth-order valence-electron chi connectivity index (χ4n) is 2.47. The Morgan fingerprint density at radius 3 is 2.71 bits per heavy atom. The minimum absolute atomic E-state index is 0.152. The van der Waals surface area contributed by atoms with Crippen molar-refractivity contribution in [3.05, 3.63) is 0 Å². The van der Waals surface area contributed by atoms with Crippen LogP contribution in [-0.4, -0.2) is 59.8 Å². The molecule has 2 rings (SSSR count). The van der Waals surface area contributed by atoms with E-state index in [4.69, 9.17) is 4.74 Å². The van der Waals surface area contributed by atoms with E-state index in [1.54, 1.807) is 4.90 Å². The van der Waals surface area contributed by atoms with Crippen molar-refractivity contribution in [3.63, 3.8) is 0 Å². The van der Waals surface area contributed by atoms with E-state index in [0.29, 0.717) is 0 Å². The van der Waals surface area contributed by atoms with Crippen molar-refractivity contribution in [1.29, 1.82) is 0 Å². The predicted molar refractivity (Wildman–Crippen MR) is 59.2 cm³/mol. The van der Waals surface area contributed by atoms with Crippen molar-refractivity contribution in [1.82, 2.24) is 10.2 Å². The average Bonchev–Trinajstić information content (AvgIpc) is 2.58. The molecule has 17 heavy (non-hydrogen) atoms. The molecule has 0 saturated carbocycles. The molecule has 2 N–H and O–H groups in total. The minimum Gasteiger partial charge on any atom is -0.450 e. The lowest BCUT2D eigenvalue weighted by molar-refractivity contribution is -0.158. The number of nitrogens with zero attached hydrogens (tertiary/aromatic N) is 1. The van der Waals surface area contributed by atoms with E-state index in [-0.39, 0.29) is 18.5 Å². The highest BCUT2D eigenvalue weighted by molar-refractivity contribution is 5.86. The molecule has 1 amide bonds. The van der Waals surface area contributed by atoms with Crippen LogP contribution in [0.1, 0.15) is 19.8 Å². The van der Waals surface area contributed by atoms with Gasteiger partial charge in [-0.15, -0.1) is 0 Å². The summed E-state index contributed by atoms with van der Waals surface area (Å²) in [4.78, 5) is 24.5. The summed E-state index contributed by atoms with van der Waals surface area (Å²) in [5.41, 5.74) is 0. The lowest BCUT2D eigenvalue weighted by atomic mass is 10.1. The van der Waals surface area contributed by atoms with Crippen molar-refractivity contribution < 1.29 is 19.4 Å². The van der Waals surface area contributed by atoms with Crippen LogP contribution in [0.2, 0.25) is 0 Å². The number of hydrogen-bond acceptors (Lipinski definition) is 5. The van der Waals surface area contributed by atoms with Gasteiger partial charge in [-0.1, -0.05) is 0 Å². The van der Waals surface area contributed by atoms with E-state index in [2.05, 4.69) is 5.32 Å². The van der Waals surface area contributed by atoms with Crippen molar-refractivity contribution in [2.45, 2.75) is 38.0 Å². The largest absolute Gasteiger partial charge is 0.450 e. The number of aliphatic hydroxyl groups is 1. The smallest absolute Gasteiger partial charge is 0.303 e. The van der Waals surface area contributed by atoms with Crippen molar-refractivity contribution in [2.24, 2.45) is 0 Å². The predicted octanol–water partition coefficient (Wildman–Crippen LogP) is -1.13. The molecule has 96 valence electrons. The van der Waals surface area contributed by atoms with Gasteiger partial charge in [0.2, 0.25) is 6.10 Å². The maximum atomic E-state index is 12.0. The van der Waals surface area contributed by atoms with Gasteiger partial charge in [-0.25, -0.2) is 0 Å². The maximum Gasteiger partial charge on any atom is 0.303 e. The number of amides is 1. The number of nitrogens with one attached hydrogen (secondary N) is 1. The molecule has 2 fully saturated rings. The van der Waals surface area contributed by atoms with Gasteiger partial charge in [0, 0.05) is 13.0 Å². The molecule has 0 aromatic heterocycles. The van der Waals surface area contributed by atoms with Gasteiger partial charge in [0.1, 0.15) is 6.10 Å². The van der Waals surface area contributed by atoms with Crippen LogP contribution < -0.4 is 5.32 Å². The van der Waals surface area contributed by atoms with E-state index >= 15 is 0 Å². The zero-order valence-corrected chi connectivity index (χ0v) is 9.89. The molecule has 2 unspecified atom stereocenters. The Labute approximate surface area is 99.9 Å². The Balaban J connectivity index is 2.01. The summed E-state index contributed by atoms with van der Waals surface area (Å²) in [5.74, 6) is -0.797. The van der Waals surface area contributed by atoms with E-state index in [1.165, 1.54) is 6.92 Å². The van der Waals surface area contributed by atoms with E-state index in [9.17, 15) is 14.7 Å². The molecule has 6 nitrogen and oxygen atoms in total. The van der Waals surface area contributed by atoms with Gasteiger partial charge >= 0.3 is 5.97 Å². The van der Waals surface area contributed by atoms with E-state index in [1.807, 2.05) is 0 Å². The second-order valence-electron chi connectivity index (χ2n) is 4.57. The lowest BCUT2D eigenvalue weighted by Crippen LogP contribution is -2.45. The van der Waals surface area contributed by atoms with Crippen molar-refractivity contribution >= 4 is 11.9 Å². The highest BCUT2D eigenvalue weighted by Crippen LogP contribution is 2.22. The number of carbonyl (C=O) groups is 2. The minimum atomic E-state index is -1.01. The summed E-state index contributed by atoms with van der Waals surface area (Å²) < 4.78 is 4.86. The quantitative estimate of drug-likeness (QED) is 0.599. The summed E-state index contributed by atoms with van der Waals surface area (Å²) in [6, 6.07) is 0.152. The summed E-state index contributed by atoms with van der Waals surface area (Å²) in [6.07, 6.45) is -0.153. The fraction of sp³-hybridized carbons (Fsp3) is 0.818. The molecule has 0 aromatic carbocycles. The van der Waals surface area contributed by atoms with Crippen LogP contribution in [0.3, 0.4) is 0 Å². The first-order chi connectivity index (χ1) is 8.09. The molecule has 0 bridgehead atoms. The van der Waals surface area contributed by atoms with Gasteiger partial charge in [-0.3, -0.25) is 9.59 Å². The fourth-order valence-corrected chi connectivity index (χ4v) is 2.47. The van der Waals surface area contributed by atoms with Crippen molar-refractivity contribution in [3.8, 4) is 0 Å². The molecule has 2 saturated heterocycles. The summed E-state index contributed by atoms with van der Waals surface area (Å²) in [6.45, 7) is 3.26. The van der Waals surface area contributed by atoms with Gasteiger partial charge in [0.25, 0.3) is 5.91 Å². The van der Waals surface area contributed by atoms with Crippen LogP contribution in [0.15, 0.2) is 0 Å². The summed E-state index contributed by atoms with van der Waals surface area (Å²) >= 11 is 0. The highest BCUT2D eigenvalue weighted by atomic mass is 16.6. The highest BCUT2D eigenvalue weighted by Gasteiger charge is 2.44. The third-order valence-corrected chi connectivity index (χ3v) is 3.30. The number of hydrogen-bond donors (Lipinski definition) is 2. The van der Waals surface area contributed by atoms with Gasteiger partial charge in [-0.05, 0) is 25.9 Å². The van der Waals surface area contributed by atoms with Gasteiger partial charge in [0.15, 0.2) is 0 Å². The average molecular weight is 242 g/mol. The molecule has 2 aliphatic heterocycles. The molecule has 0 radical (unpaired) electrons. The van der Waals surface area contributed by atoms with Crippen LogP contribution in [0.4, 0.5) is 0 Å². The molecule has 0 aliphatic carbocycles. The van der Waals surface area contributed by atoms with Gasteiger partial charge in [-0.2, -0.15) is 0 Å². The van der Waals surface area contributed by atoms with Gasteiger partial charge < -0.3 is 20.1 Å². The molecule has 2 aliphatic rings. The monoisotopic (exact) mass is 242 g/mol. The second-order valence-corrected chi connectivity index (χ2v) is 4.57. The molecule has 0 spiro atoms. The first kappa shape index (κ1) is 12.3. The zero-order chi connectivity index (χ0) is 12.4. The SMILES string of the molecule is CC(=O)OC1C(=O)N(C2CCNCC2)CC1O. The molecule has 2 heterocycles. The number of rotatable bonds is 2. The van der Waals surface area contributed by atoms with Crippen LogP contribution >= 0.6 is 0 Å². The second kappa shape index (κ2) is 5.01. The Hall–Kier alpha value is -1.14. The molecule has 0 aromatic rings. The Morgan fingerprint density at radius 2 is 2.12 bits per heavy atom. The number of piperidine rings is 1. The van der Waals surface area contributed by atoms with Crippen LogP contribution in [0.5, 0.6) is 0 Å². The number of β-amino-alcohol motifs (C(OH)–C–C–N with tert-alkyl or cyclic N) is 1. The van der Waals surface area contributed by atoms with Crippen LogP contribution in [0.25, 0.3) is 0 Å². The van der Waals surface area contributed by atoms with Crippen LogP contribution in [-0.2, 0) is 14.3 Å². The number of aliphatic hydroxyl groups excluding tert-OH is 1. The zero-order valence-electron chi connectivity index (χ0n) is 9.89. The first-order valence-electron chi connectivity index (χ1n) is 5.96.